The third kappa shape index (κ3) is 3.54. The van der Waals surface area contributed by atoms with Crippen molar-refractivity contribution in [1.82, 2.24) is 0 Å². The van der Waals surface area contributed by atoms with Crippen molar-refractivity contribution in [3.05, 3.63) is 11.6 Å². The summed E-state index contributed by atoms with van der Waals surface area (Å²) in [6.45, 7) is 14.3. The third-order valence-corrected chi connectivity index (χ3v) is 11.0. The number of carbonyl (C=O) groups excluding carboxylic acids is 1. The van der Waals surface area contributed by atoms with Gasteiger partial charge in [-0.05, 0) is 110 Å². The fraction of sp³-hybridized carbons (Fsp3) is 0.893. The quantitative estimate of drug-likeness (QED) is 0.536. The molecule has 1 N–H and O–H groups in total. The first-order valence-electron chi connectivity index (χ1n) is 13.0. The van der Waals surface area contributed by atoms with Crippen LogP contribution in [0, 0.1) is 52.3 Å². The molecule has 30 heavy (non-hydrogen) atoms. The predicted molar refractivity (Wildman–Crippen MR) is 124 cm³/mol. The predicted octanol–water partition coefficient (Wildman–Crippen LogP) is 6.81. The van der Waals surface area contributed by atoms with Gasteiger partial charge < -0.3 is 5.11 Å². The maximum atomic E-state index is 12.1. The van der Waals surface area contributed by atoms with E-state index in [1.165, 1.54) is 37.7 Å². The standard InChI is InChI=1S/C28H46O2/c1-17(2)18(3)15-26(30)19(4)23-9-10-24-22-8-7-20-16-21(29)11-13-27(20,5)25(22)12-14-28(23,24)6/h16-19,22-26,30H,7-15H2,1-6H3/t18-,19-,22-,23+,24-,25-,26?,27-,28+/m0/s1. The summed E-state index contributed by atoms with van der Waals surface area (Å²) in [7, 11) is 0. The van der Waals surface area contributed by atoms with Gasteiger partial charge in [-0.25, -0.2) is 0 Å². The number of hydrogen-bond acceptors (Lipinski definition) is 2. The van der Waals surface area contributed by atoms with Crippen LogP contribution >= 0.6 is 0 Å². The number of ketones is 1. The summed E-state index contributed by atoms with van der Waals surface area (Å²) >= 11 is 0. The van der Waals surface area contributed by atoms with Crippen molar-refractivity contribution in [3.8, 4) is 0 Å². The lowest BCUT2D eigenvalue weighted by Crippen LogP contribution is -2.51. The van der Waals surface area contributed by atoms with Crippen LogP contribution in [0.2, 0.25) is 0 Å². The summed E-state index contributed by atoms with van der Waals surface area (Å²) in [4.78, 5) is 12.1. The van der Waals surface area contributed by atoms with E-state index in [1.54, 1.807) is 0 Å². The second-order valence-electron chi connectivity index (χ2n) is 12.6. The Morgan fingerprint density at radius 3 is 2.43 bits per heavy atom. The Labute approximate surface area is 185 Å². The molecule has 4 rings (SSSR count). The lowest BCUT2D eigenvalue weighted by Gasteiger charge is -2.58. The third-order valence-electron chi connectivity index (χ3n) is 11.0. The average molecular weight is 415 g/mol. The topological polar surface area (TPSA) is 37.3 Å². The van der Waals surface area contributed by atoms with E-state index in [1.807, 2.05) is 6.08 Å². The molecule has 0 aliphatic heterocycles. The molecule has 0 bridgehead atoms. The summed E-state index contributed by atoms with van der Waals surface area (Å²) < 4.78 is 0. The van der Waals surface area contributed by atoms with Crippen molar-refractivity contribution in [2.45, 2.75) is 105 Å². The van der Waals surface area contributed by atoms with E-state index in [0.29, 0.717) is 34.9 Å². The van der Waals surface area contributed by atoms with Crippen LogP contribution in [0.5, 0.6) is 0 Å². The average Bonchev–Trinajstić information content (AvgIpc) is 3.04. The van der Waals surface area contributed by atoms with E-state index in [4.69, 9.17) is 0 Å². The van der Waals surface area contributed by atoms with Gasteiger partial charge in [0.2, 0.25) is 0 Å². The van der Waals surface area contributed by atoms with Crippen molar-refractivity contribution in [3.63, 3.8) is 0 Å². The number of aliphatic hydroxyl groups is 1. The van der Waals surface area contributed by atoms with E-state index >= 15 is 0 Å². The van der Waals surface area contributed by atoms with E-state index in [2.05, 4.69) is 41.5 Å². The number of rotatable bonds is 5. The minimum absolute atomic E-state index is 0.163. The molecule has 0 saturated heterocycles. The van der Waals surface area contributed by atoms with Gasteiger partial charge in [-0.1, -0.05) is 47.1 Å². The molecule has 3 fully saturated rings. The largest absolute Gasteiger partial charge is 0.393 e. The lowest BCUT2D eigenvalue weighted by molar-refractivity contribution is -0.117. The van der Waals surface area contributed by atoms with Gasteiger partial charge in [0.15, 0.2) is 5.78 Å². The van der Waals surface area contributed by atoms with E-state index in [9.17, 15) is 9.90 Å². The molecule has 0 spiro atoms. The van der Waals surface area contributed by atoms with Crippen molar-refractivity contribution in [2.75, 3.05) is 0 Å². The molecular weight excluding hydrogens is 368 g/mol. The monoisotopic (exact) mass is 414 g/mol. The Morgan fingerprint density at radius 1 is 1.00 bits per heavy atom. The van der Waals surface area contributed by atoms with Gasteiger partial charge in [0, 0.05) is 6.42 Å². The first kappa shape index (κ1) is 22.6. The fourth-order valence-electron chi connectivity index (χ4n) is 8.60. The molecule has 0 aromatic carbocycles. The lowest BCUT2D eigenvalue weighted by atomic mass is 9.46. The van der Waals surface area contributed by atoms with Crippen molar-refractivity contribution in [2.24, 2.45) is 52.3 Å². The molecule has 0 heterocycles. The van der Waals surface area contributed by atoms with Gasteiger partial charge in [-0.15, -0.1) is 0 Å². The summed E-state index contributed by atoms with van der Waals surface area (Å²) in [6.07, 6.45) is 12.4. The van der Waals surface area contributed by atoms with Gasteiger partial charge >= 0.3 is 0 Å². The smallest absolute Gasteiger partial charge is 0.155 e. The first-order valence-corrected chi connectivity index (χ1v) is 13.0. The zero-order valence-corrected chi connectivity index (χ0v) is 20.4. The highest BCUT2D eigenvalue weighted by Crippen LogP contribution is 2.67. The number of fused-ring (bicyclic) bond motifs is 5. The highest BCUT2D eigenvalue weighted by atomic mass is 16.3. The SMILES string of the molecule is CC(C)[C@@H](C)CC(O)[C@@H](C)[C@H]1CC[C@H]2[C@@H]3CCC4=CC(=O)CC[C@]4(C)[C@H]3CC[C@]12C. The van der Waals surface area contributed by atoms with Gasteiger partial charge in [0.1, 0.15) is 0 Å². The maximum absolute atomic E-state index is 12.1. The molecular formula is C28H46O2. The molecule has 170 valence electrons. The Morgan fingerprint density at radius 2 is 1.73 bits per heavy atom. The first-order chi connectivity index (χ1) is 14.1. The zero-order valence-electron chi connectivity index (χ0n) is 20.4. The molecule has 9 atom stereocenters. The number of allylic oxidation sites excluding steroid dienone is 1. The van der Waals surface area contributed by atoms with Crippen LogP contribution in [0.15, 0.2) is 11.6 Å². The second kappa shape index (κ2) is 8.05. The zero-order chi connectivity index (χ0) is 21.8. The van der Waals surface area contributed by atoms with Crippen molar-refractivity contribution < 1.29 is 9.90 Å². The van der Waals surface area contributed by atoms with Gasteiger partial charge in [0.05, 0.1) is 6.10 Å². The minimum atomic E-state index is -0.163. The molecule has 0 aromatic rings. The van der Waals surface area contributed by atoms with Gasteiger partial charge in [0.25, 0.3) is 0 Å². The van der Waals surface area contributed by atoms with Crippen LogP contribution in [-0.4, -0.2) is 17.0 Å². The molecule has 2 nitrogen and oxygen atoms in total. The number of aliphatic hydroxyl groups excluding tert-OH is 1. The van der Waals surface area contributed by atoms with Crippen LogP contribution in [0.25, 0.3) is 0 Å². The fourth-order valence-corrected chi connectivity index (χ4v) is 8.60. The van der Waals surface area contributed by atoms with Crippen LogP contribution < -0.4 is 0 Å². The van der Waals surface area contributed by atoms with Crippen LogP contribution in [0.1, 0.15) is 99.3 Å². The summed E-state index contributed by atoms with van der Waals surface area (Å²) in [5.41, 5.74) is 2.14. The molecule has 1 unspecified atom stereocenters. The molecule has 4 aliphatic carbocycles. The Balaban J connectivity index is 1.51. The summed E-state index contributed by atoms with van der Waals surface area (Å²) in [5.74, 6) is 5.06. The highest BCUT2D eigenvalue weighted by Gasteiger charge is 2.59. The maximum Gasteiger partial charge on any atom is 0.155 e. The van der Waals surface area contributed by atoms with Crippen molar-refractivity contribution in [1.29, 1.82) is 0 Å². The van der Waals surface area contributed by atoms with Gasteiger partial charge in [-0.3, -0.25) is 4.79 Å². The van der Waals surface area contributed by atoms with Crippen molar-refractivity contribution >= 4 is 5.78 Å². The van der Waals surface area contributed by atoms with Crippen LogP contribution in [-0.2, 0) is 4.79 Å². The molecule has 2 heteroatoms. The molecule has 3 saturated carbocycles. The number of carbonyl (C=O) groups is 1. The molecule has 0 radical (unpaired) electrons. The van der Waals surface area contributed by atoms with Gasteiger partial charge in [-0.2, -0.15) is 0 Å². The van der Waals surface area contributed by atoms with Crippen LogP contribution in [0.3, 0.4) is 0 Å². The molecule has 4 aliphatic rings. The molecule has 0 aromatic heterocycles. The second-order valence-corrected chi connectivity index (χ2v) is 12.6. The van der Waals surface area contributed by atoms with E-state index in [0.717, 1.165) is 43.4 Å². The Kier molecular flexibility index (Phi) is 6.06. The summed E-state index contributed by atoms with van der Waals surface area (Å²) in [6, 6.07) is 0. The van der Waals surface area contributed by atoms with E-state index < -0.39 is 0 Å². The molecule has 0 amide bonds. The van der Waals surface area contributed by atoms with Crippen LogP contribution in [0.4, 0.5) is 0 Å². The normalized spacial score (nSPS) is 44.0. The minimum Gasteiger partial charge on any atom is -0.393 e. The number of hydrogen-bond donors (Lipinski definition) is 1. The Hall–Kier alpha value is -0.630. The summed E-state index contributed by atoms with van der Waals surface area (Å²) in [5, 5.41) is 11.1. The Bertz CT molecular complexity index is 693. The van der Waals surface area contributed by atoms with E-state index in [-0.39, 0.29) is 11.5 Å². The highest BCUT2D eigenvalue weighted by molar-refractivity contribution is 5.91.